The topological polar surface area (TPSA) is 96.7 Å². The van der Waals surface area contributed by atoms with Crippen LogP contribution in [0.1, 0.15) is 32.5 Å². The first-order chi connectivity index (χ1) is 10.3. The van der Waals surface area contributed by atoms with Gasteiger partial charge < -0.3 is 5.32 Å². The fourth-order valence-electron chi connectivity index (χ4n) is 2.07. The molecule has 0 saturated heterocycles. The number of benzene rings is 1. The van der Waals surface area contributed by atoms with Crippen molar-refractivity contribution in [3.63, 3.8) is 0 Å². The van der Waals surface area contributed by atoms with E-state index in [2.05, 4.69) is 25.5 Å². The van der Waals surface area contributed by atoms with Crippen molar-refractivity contribution in [2.75, 3.05) is 6.54 Å². The monoisotopic (exact) mass is 281 g/mol. The Hall–Kier alpha value is -2.96. The molecule has 2 amide bonds. The van der Waals surface area contributed by atoms with Crippen LogP contribution in [0.15, 0.2) is 53.1 Å². The first kappa shape index (κ1) is 13.0. The van der Waals surface area contributed by atoms with Crippen molar-refractivity contribution in [3.05, 3.63) is 59.7 Å². The van der Waals surface area contributed by atoms with E-state index in [9.17, 15) is 9.59 Å². The van der Waals surface area contributed by atoms with Crippen molar-refractivity contribution < 1.29 is 9.59 Å². The van der Waals surface area contributed by atoms with E-state index in [1.165, 1.54) is 18.6 Å². The molecule has 0 fully saturated rings. The van der Waals surface area contributed by atoms with Crippen LogP contribution < -0.4 is 5.32 Å². The molecule has 7 heteroatoms. The van der Waals surface area contributed by atoms with Gasteiger partial charge in [0.15, 0.2) is 0 Å². The lowest BCUT2D eigenvalue weighted by Gasteiger charge is -2.18. The molecule has 1 aromatic carbocycles. The van der Waals surface area contributed by atoms with Gasteiger partial charge in [0, 0.05) is 24.5 Å². The van der Waals surface area contributed by atoms with Crippen molar-refractivity contribution in [2.45, 2.75) is 6.04 Å². The standard InChI is InChI=1S/C14H11N5O2/c20-13-10-4-2-1-3-9(10)11(18-19-13)8-17-14(21)12-7-15-5-6-16-12/h1-7,11H,8H2,(H,17,21). The predicted molar refractivity (Wildman–Crippen MR) is 72.7 cm³/mol. The Morgan fingerprint density at radius 1 is 1.24 bits per heavy atom. The molecule has 1 atom stereocenters. The number of hydrogen-bond donors (Lipinski definition) is 1. The minimum atomic E-state index is -0.375. The molecular formula is C14H11N5O2. The Kier molecular flexibility index (Phi) is 3.46. The lowest BCUT2D eigenvalue weighted by molar-refractivity contribution is 0.0945. The van der Waals surface area contributed by atoms with Gasteiger partial charge >= 0.3 is 0 Å². The lowest BCUT2D eigenvalue weighted by atomic mass is 9.99. The number of carbonyl (C=O) groups excluding carboxylic acids is 2. The molecule has 104 valence electrons. The van der Waals surface area contributed by atoms with Crippen molar-refractivity contribution in [3.8, 4) is 0 Å². The van der Waals surface area contributed by atoms with Gasteiger partial charge in [-0.2, -0.15) is 5.11 Å². The number of nitrogens with one attached hydrogen (secondary N) is 1. The minimum Gasteiger partial charge on any atom is -0.348 e. The third kappa shape index (κ3) is 2.66. The Labute approximate surface area is 120 Å². The molecule has 1 N–H and O–H groups in total. The van der Waals surface area contributed by atoms with Crippen LogP contribution >= 0.6 is 0 Å². The van der Waals surface area contributed by atoms with Crippen LogP contribution in [-0.4, -0.2) is 28.3 Å². The van der Waals surface area contributed by atoms with Gasteiger partial charge in [-0.15, -0.1) is 5.11 Å². The zero-order chi connectivity index (χ0) is 14.7. The van der Waals surface area contributed by atoms with Crippen molar-refractivity contribution in [2.24, 2.45) is 10.2 Å². The van der Waals surface area contributed by atoms with E-state index in [0.717, 1.165) is 5.56 Å². The average Bonchev–Trinajstić information content (AvgIpc) is 2.55. The van der Waals surface area contributed by atoms with Crippen LogP contribution in [0.5, 0.6) is 0 Å². The number of aromatic nitrogens is 2. The highest BCUT2D eigenvalue weighted by atomic mass is 16.2. The SMILES string of the molecule is O=C(NCC1N=NC(=O)c2ccccc21)c1cnccn1. The molecule has 7 nitrogen and oxygen atoms in total. The van der Waals surface area contributed by atoms with E-state index in [4.69, 9.17) is 0 Å². The van der Waals surface area contributed by atoms with Gasteiger partial charge in [-0.3, -0.25) is 14.6 Å². The van der Waals surface area contributed by atoms with Crippen LogP contribution in [0.25, 0.3) is 0 Å². The van der Waals surface area contributed by atoms with Gasteiger partial charge in [-0.1, -0.05) is 18.2 Å². The van der Waals surface area contributed by atoms with E-state index < -0.39 is 0 Å². The van der Waals surface area contributed by atoms with Crippen molar-refractivity contribution >= 4 is 11.8 Å². The second-order valence-electron chi connectivity index (χ2n) is 4.42. The fraction of sp³-hybridized carbons (Fsp3) is 0.143. The zero-order valence-corrected chi connectivity index (χ0v) is 10.9. The summed E-state index contributed by atoms with van der Waals surface area (Å²) < 4.78 is 0. The molecule has 21 heavy (non-hydrogen) atoms. The Bertz CT molecular complexity index is 714. The summed E-state index contributed by atoms with van der Waals surface area (Å²) in [7, 11) is 0. The smallest absolute Gasteiger partial charge is 0.295 e. The Balaban J connectivity index is 1.73. The summed E-state index contributed by atoms with van der Waals surface area (Å²) in [4.78, 5) is 31.3. The molecule has 1 aliphatic rings. The number of rotatable bonds is 3. The van der Waals surface area contributed by atoms with Crippen LogP contribution in [0.3, 0.4) is 0 Å². The molecule has 1 unspecified atom stereocenters. The van der Waals surface area contributed by atoms with Gasteiger partial charge in [0.05, 0.1) is 6.20 Å². The third-order valence-electron chi connectivity index (χ3n) is 3.09. The highest BCUT2D eigenvalue weighted by molar-refractivity contribution is 5.97. The summed E-state index contributed by atoms with van der Waals surface area (Å²) in [5.41, 5.74) is 1.51. The zero-order valence-electron chi connectivity index (χ0n) is 10.9. The molecule has 0 radical (unpaired) electrons. The van der Waals surface area contributed by atoms with E-state index in [-0.39, 0.29) is 30.1 Å². The van der Waals surface area contributed by atoms with Crippen molar-refractivity contribution in [1.82, 2.24) is 15.3 Å². The molecule has 0 aliphatic carbocycles. The molecule has 2 heterocycles. The predicted octanol–water partition coefficient (Wildman–Crippen LogP) is 1.55. The third-order valence-corrected chi connectivity index (χ3v) is 3.09. The Morgan fingerprint density at radius 3 is 2.90 bits per heavy atom. The van der Waals surface area contributed by atoms with Gasteiger partial charge in [0.2, 0.25) is 0 Å². The molecule has 0 saturated carbocycles. The summed E-state index contributed by atoms with van der Waals surface area (Å²) >= 11 is 0. The van der Waals surface area contributed by atoms with E-state index >= 15 is 0 Å². The molecule has 2 aromatic rings. The lowest BCUT2D eigenvalue weighted by Crippen LogP contribution is -2.29. The number of hydrogen-bond acceptors (Lipinski definition) is 5. The first-order valence-corrected chi connectivity index (χ1v) is 6.34. The maximum absolute atomic E-state index is 11.9. The van der Waals surface area contributed by atoms with Gasteiger partial charge in [0.1, 0.15) is 11.7 Å². The summed E-state index contributed by atoms with van der Waals surface area (Å²) in [6.45, 7) is 0.239. The van der Waals surface area contributed by atoms with Crippen molar-refractivity contribution in [1.29, 1.82) is 0 Å². The summed E-state index contributed by atoms with van der Waals surface area (Å²) in [5.74, 6) is -0.699. The number of carbonyl (C=O) groups is 2. The normalized spacial score (nSPS) is 16.4. The van der Waals surface area contributed by atoms with Gasteiger partial charge in [-0.25, -0.2) is 4.98 Å². The number of amides is 2. The largest absolute Gasteiger partial charge is 0.348 e. The molecule has 0 spiro atoms. The molecular weight excluding hydrogens is 270 g/mol. The number of nitrogens with zero attached hydrogens (tertiary/aromatic N) is 4. The molecule has 0 bridgehead atoms. The van der Waals surface area contributed by atoms with Gasteiger partial charge in [-0.05, 0) is 11.6 Å². The summed E-state index contributed by atoms with van der Waals surface area (Å²) in [6.07, 6.45) is 4.33. The van der Waals surface area contributed by atoms with E-state index in [1.807, 2.05) is 12.1 Å². The quantitative estimate of drug-likeness (QED) is 0.923. The number of azo groups is 1. The maximum Gasteiger partial charge on any atom is 0.295 e. The maximum atomic E-state index is 11.9. The summed E-state index contributed by atoms with van der Waals surface area (Å²) in [5, 5.41) is 10.3. The number of fused-ring (bicyclic) bond motifs is 1. The van der Waals surface area contributed by atoms with E-state index in [1.54, 1.807) is 12.1 Å². The molecule has 3 rings (SSSR count). The highest BCUT2D eigenvalue weighted by Gasteiger charge is 2.23. The molecule has 1 aromatic heterocycles. The van der Waals surface area contributed by atoms with Gasteiger partial charge in [0.25, 0.3) is 11.8 Å². The average molecular weight is 281 g/mol. The minimum absolute atomic E-state index is 0.231. The van der Waals surface area contributed by atoms with Crippen LogP contribution in [0.2, 0.25) is 0 Å². The van der Waals surface area contributed by atoms with Crippen LogP contribution in [0.4, 0.5) is 0 Å². The highest BCUT2D eigenvalue weighted by Crippen LogP contribution is 2.26. The van der Waals surface area contributed by atoms with Crippen LogP contribution in [-0.2, 0) is 0 Å². The second kappa shape index (κ2) is 5.58. The Morgan fingerprint density at radius 2 is 2.10 bits per heavy atom. The summed E-state index contributed by atoms with van der Waals surface area (Å²) in [6, 6.07) is 6.73. The fourth-order valence-corrected chi connectivity index (χ4v) is 2.07. The molecule has 1 aliphatic heterocycles. The first-order valence-electron chi connectivity index (χ1n) is 6.34. The van der Waals surface area contributed by atoms with Crippen LogP contribution in [0, 0.1) is 0 Å². The van der Waals surface area contributed by atoms with E-state index in [0.29, 0.717) is 5.56 Å². The second-order valence-corrected chi connectivity index (χ2v) is 4.42.